The lowest BCUT2D eigenvalue weighted by atomic mass is 9.99. The number of aromatic hydroxyl groups is 1. The molecule has 1 rings (SSSR count). The van der Waals surface area contributed by atoms with E-state index in [0.717, 1.165) is 0 Å². The third kappa shape index (κ3) is 10.1. The molecule has 0 aliphatic carbocycles. The molecule has 0 aliphatic rings. The molecule has 0 heterocycles. The van der Waals surface area contributed by atoms with Crippen LogP contribution in [0.4, 0.5) is 4.79 Å². The van der Waals surface area contributed by atoms with Crippen molar-refractivity contribution in [3.05, 3.63) is 23.8 Å². The SMILES string of the molecule is CC(C)(C)COC(=O)N[C@@H](CNC(=O)c1ccc(OCCNC(=N)N)cc1O)C(=O)O. The maximum Gasteiger partial charge on any atom is 0.407 e. The molecule has 12 heteroatoms. The van der Waals surface area contributed by atoms with E-state index in [1.165, 1.54) is 18.2 Å². The highest BCUT2D eigenvalue weighted by atomic mass is 16.5. The average Bonchev–Trinajstić information content (AvgIpc) is 2.65. The van der Waals surface area contributed by atoms with Crippen molar-refractivity contribution in [1.82, 2.24) is 16.0 Å². The van der Waals surface area contributed by atoms with Crippen LogP contribution in [-0.4, -0.2) is 66.5 Å². The van der Waals surface area contributed by atoms with Crippen LogP contribution in [0, 0.1) is 10.8 Å². The van der Waals surface area contributed by atoms with Crippen molar-refractivity contribution < 1.29 is 34.1 Å². The first-order chi connectivity index (χ1) is 14.4. The monoisotopic (exact) mass is 439 g/mol. The number of aliphatic carboxylic acids is 1. The number of carbonyl (C=O) groups is 3. The fraction of sp³-hybridized carbons (Fsp3) is 0.474. The van der Waals surface area contributed by atoms with E-state index in [1.807, 2.05) is 20.8 Å². The maximum absolute atomic E-state index is 12.3. The quantitative estimate of drug-likeness (QED) is 0.151. The number of hydrogen-bond donors (Lipinski definition) is 7. The Bertz CT molecular complexity index is 807. The number of hydrogen-bond acceptors (Lipinski definition) is 7. The summed E-state index contributed by atoms with van der Waals surface area (Å²) in [5, 5.41) is 33.4. The summed E-state index contributed by atoms with van der Waals surface area (Å²) in [7, 11) is 0. The largest absolute Gasteiger partial charge is 0.507 e. The van der Waals surface area contributed by atoms with E-state index >= 15 is 0 Å². The van der Waals surface area contributed by atoms with Gasteiger partial charge in [0.15, 0.2) is 5.96 Å². The first-order valence-corrected chi connectivity index (χ1v) is 9.37. The summed E-state index contributed by atoms with van der Waals surface area (Å²) in [6.07, 6.45) is -0.916. The topological polar surface area (TPSA) is 196 Å². The summed E-state index contributed by atoms with van der Waals surface area (Å²) in [5.41, 5.74) is 4.75. The van der Waals surface area contributed by atoms with Gasteiger partial charge in [0, 0.05) is 12.6 Å². The van der Waals surface area contributed by atoms with Gasteiger partial charge in [0.25, 0.3) is 5.91 Å². The van der Waals surface area contributed by atoms with Crippen LogP contribution in [0.2, 0.25) is 0 Å². The Hall–Kier alpha value is -3.70. The number of carboxylic acids is 1. The Balaban J connectivity index is 2.61. The van der Waals surface area contributed by atoms with Crippen LogP contribution in [0.5, 0.6) is 11.5 Å². The molecule has 2 amide bonds. The third-order valence-electron chi connectivity index (χ3n) is 3.59. The fourth-order valence-corrected chi connectivity index (χ4v) is 2.10. The Kier molecular flexibility index (Phi) is 9.38. The van der Waals surface area contributed by atoms with Crippen LogP contribution in [0.1, 0.15) is 31.1 Å². The van der Waals surface area contributed by atoms with E-state index in [4.69, 9.17) is 20.6 Å². The van der Waals surface area contributed by atoms with E-state index in [2.05, 4.69) is 16.0 Å². The zero-order valence-corrected chi connectivity index (χ0v) is 17.7. The van der Waals surface area contributed by atoms with Crippen LogP contribution >= 0.6 is 0 Å². The first kappa shape index (κ1) is 25.3. The molecule has 1 aromatic carbocycles. The maximum atomic E-state index is 12.3. The van der Waals surface area contributed by atoms with Gasteiger partial charge in [-0.3, -0.25) is 10.2 Å². The average molecular weight is 439 g/mol. The van der Waals surface area contributed by atoms with Gasteiger partial charge in [-0.1, -0.05) is 20.8 Å². The van der Waals surface area contributed by atoms with Gasteiger partial charge in [0.1, 0.15) is 24.1 Å². The number of nitrogens with two attached hydrogens (primary N) is 1. The molecule has 31 heavy (non-hydrogen) atoms. The van der Waals surface area contributed by atoms with E-state index in [9.17, 15) is 24.6 Å². The lowest BCUT2D eigenvalue weighted by molar-refractivity contribution is -0.139. The highest BCUT2D eigenvalue weighted by Crippen LogP contribution is 2.23. The molecule has 1 atom stereocenters. The van der Waals surface area contributed by atoms with Crippen molar-refractivity contribution in [3.8, 4) is 11.5 Å². The van der Waals surface area contributed by atoms with Gasteiger partial charge in [-0.05, 0) is 17.5 Å². The molecule has 0 unspecified atom stereocenters. The predicted octanol–water partition coefficient (Wildman–Crippen LogP) is 0.209. The van der Waals surface area contributed by atoms with Crippen molar-refractivity contribution in [1.29, 1.82) is 5.41 Å². The number of phenolic OH excluding ortho intramolecular Hbond substituents is 1. The zero-order valence-electron chi connectivity index (χ0n) is 17.7. The van der Waals surface area contributed by atoms with Gasteiger partial charge in [0.2, 0.25) is 0 Å². The van der Waals surface area contributed by atoms with Crippen molar-refractivity contribution >= 4 is 23.9 Å². The summed E-state index contributed by atoms with van der Waals surface area (Å²) in [6, 6.07) is 2.55. The summed E-state index contributed by atoms with van der Waals surface area (Å²) < 4.78 is 10.3. The summed E-state index contributed by atoms with van der Waals surface area (Å²) in [5.74, 6) is -2.39. The number of carboxylic acid groups (broad SMARTS) is 1. The van der Waals surface area contributed by atoms with Crippen LogP contribution in [0.25, 0.3) is 0 Å². The molecule has 0 aliphatic heterocycles. The molecule has 1 aromatic rings. The molecule has 172 valence electrons. The number of alkyl carbamates (subject to hydrolysis) is 1. The fourth-order valence-electron chi connectivity index (χ4n) is 2.10. The van der Waals surface area contributed by atoms with Crippen LogP contribution in [0.15, 0.2) is 18.2 Å². The van der Waals surface area contributed by atoms with Crippen molar-refractivity contribution in [2.75, 3.05) is 26.3 Å². The highest BCUT2D eigenvalue weighted by molar-refractivity contribution is 5.97. The van der Waals surface area contributed by atoms with Crippen molar-refractivity contribution in [3.63, 3.8) is 0 Å². The van der Waals surface area contributed by atoms with Gasteiger partial charge in [0.05, 0.1) is 18.7 Å². The molecule has 12 nitrogen and oxygen atoms in total. The number of ether oxygens (including phenoxy) is 2. The van der Waals surface area contributed by atoms with Crippen molar-refractivity contribution in [2.24, 2.45) is 11.1 Å². The van der Waals surface area contributed by atoms with E-state index < -0.39 is 30.6 Å². The van der Waals surface area contributed by atoms with E-state index in [0.29, 0.717) is 0 Å². The molecule has 0 spiro atoms. The third-order valence-corrected chi connectivity index (χ3v) is 3.59. The molecule has 0 aromatic heterocycles. The Morgan fingerprint density at radius 2 is 1.90 bits per heavy atom. The second kappa shape index (κ2) is 11.5. The molecule has 0 saturated carbocycles. The Morgan fingerprint density at radius 3 is 2.45 bits per heavy atom. The van der Waals surface area contributed by atoms with Gasteiger partial charge in [-0.25, -0.2) is 9.59 Å². The van der Waals surface area contributed by atoms with E-state index in [-0.39, 0.29) is 48.2 Å². The number of phenols is 1. The zero-order chi connectivity index (χ0) is 23.6. The van der Waals surface area contributed by atoms with Gasteiger partial charge in [-0.15, -0.1) is 0 Å². The van der Waals surface area contributed by atoms with Gasteiger partial charge >= 0.3 is 12.1 Å². The minimum atomic E-state index is -1.42. The van der Waals surface area contributed by atoms with E-state index in [1.54, 1.807) is 0 Å². The summed E-state index contributed by atoms with van der Waals surface area (Å²) >= 11 is 0. The Labute approximate surface area is 179 Å². The van der Waals surface area contributed by atoms with Crippen LogP contribution in [-0.2, 0) is 9.53 Å². The number of guanidine groups is 1. The first-order valence-electron chi connectivity index (χ1n) is 9.37. The number of amides is 2. The minimum Gasteiger partial charge on any atom is -0.507 e. The smallest absolute Gasteiger partial charge is 0.407 e. The molecule has 8 N–H and O–H groups in total. The second-order valence-electron chi connectivity index (χ2n) is 7.75. The van der Waals surface area contributed by atoms with Gasteiger partial charge < -0.3 is 41.4 Å². The molecule has 0 bridgehead atoms. The minimum absolute atomic E-state index is 0.0879. The summed E-state index contributed by atoms with van der Waals surface area (Å²) in [4.78, 5) is 35.4. The number of carbonyl (C=O) groups excluding carboxylic acids is 2. The van der Waals surface area contributed by atoms with Gasteiger partial charge in [-0.2, -0.15) is 0 Å². The second-order valence-corrected chi connectivity index (χ2v) is 7.75. The molecule has 0 saturated heterocycles. The number of benzene rings is 1. The highest BCUT2D eigenvalue weighted by Gasteiger charge is 2.23. The summed E-state index contributed by atoms with van der Waals surface area (Å²) in [6.45, 7) is 5.66. The number of rotatable bonds is 10. The van der Waals surface area contributed by atoms with Crippen LogP contribution in [0.3, 0.4) is 0 Å². The molecular weight excluding hydrogens is 410 g/mol. The lowest BCUT2D eigenvalue weighted by Crippen LogP contribution is -2.48. The normalized spacial score (nSPS) is 11.7. The van der Waals surface area contributed by atoms with Crippen LogP contribution < -0.4 is 26.4 Å². The lowest BCUT2D eigenvalue weighted by Gasteiger charge is -2.20. The predicted molar refractivity (Wildman–Crippen MR) is 111 cm³/mol. The molecular formula is C19H29N5O7. The standard InChI is InChI=1S/C19H29N5O7/c1-19(2,3)10-31-18(29)24-13(16(27)28)9-23-15(26)12-5-4-11(8-14(12)25)30-7-6-22-17(20)21/h4-5,8,13,25H,6-7,9-10H2,1-3H3,(H,23,26)(H,24,29)(H,27,28)(H4,20,21,22)/t13-/m0/s1. The van der Waals surface area contributed by atoms with Crippen molar-refractivity contribution in [2.45, 2.75) is 26.8 Å². The number of nitrogens with one attached hydrogen (secondary N) is 4. The molecule has 0 radical (unpaired) electrons. The Morgan fingerprint density at radius 1 is 1.23 bits per heavy atom. The molecule has 0 fully saturated rings.